The van der Waals surface area contributed by atoms with Gasteiger partial charge in [0.2, 0.25) is 0 Å². The van der Waals surface area contributed by atoms with Crippen molar-refractivity contribution in [2.24, 2.45) is 0 Å². The van der Waals surface area contributed by atoms with Crippen LogP contribution >= 0.6 is 0 Å². The monoisotopic (exact) mass is 290 g/mol. The maximum Gasteiger partial charge on any atom is 0.136 e. The molecule has 1 aliphatic carbocycles. The number of hydrogen-bond donors (Lipinski definition) is 2. The molecule has 2 unspecified atom stereocenters. The predicted molar refractivity (Wildman–Crippen MR) is 85.0 cm³/mol. The highest BCUT2D eigenvalue weighted by Gasteiger charge is 2.30. The van der Waals surface area contributed by atoms with Crippen LogP contribution in [0.5, 0.6) is 0 Å². The summed E-state index contributed by atoms with van der Waals surface area (Å²) in [5.41, 5.74) is 1.12. The van der Waals surface area contributed by atoms with Gasteiger partial charge in [0.1, 0.15) is 17.5 Å². The van der Waals surface area contributed by atoms with Gasteiger partial charge in [-0.25, -0.2) is 9.97 Å². The van der Waals surface area contributed by atoms with Gasteiger partial charge in [-0.1, -0.05) is 6.92 Å². The van der Waals surface area contributed by atoms with E-state index in [-0.39, 0.29) is 6.10 Å². The quantitative estimate of drug-likeness (QED) is 0.843. The van der Waals surface area contributed by atoms with Gasteiger partial charge in [-0.2, -0.15) is 0 Å². The van der Waals surface area contributed by atoms with Crippen LogP contribution in [0, 0.1) is 6.92 Å². The lowest BCUT2D eigenvalue weighted by atomic mass is 10.1. The highest BCUT2D eigenvalue weighted by atomic mass is 16.5. The molecule has 5 heteroatoms. The van der Waals surface area contributed by atoms with Crippen LogP contribution in [0.4, 0.5) is 11.6 Å². The summed E-state index contributed by atoms with van der Waals surface area (Å²) < 4.78 is 5.64. The first kappa shape index (κ1) is 14.6. The summed E-state index contributed by atoms with van der Waals surface area (Å²) in [6.45, 7) is 8.17. The predicted octanol–water partition coefficient (Wildman–Crippen LogP) is 3.07. The van der Waals surface area contributed by atoms with Gasteiger partial charge in [0.15, 0.2) is 0 Å². The van der Waals surface area contributed by atoms with Crippen LogP contribution in [-0.2, 0) is 4.74 Å². The zero-order valence-corrected chi connectivity index (χ0v) is 13.3. The molecule has 1 saturated heterocycles. The fourth-order valence-electron chi connectivity index (χ4n) is 2.71. The van der Waals surface area contributed by atoms with Gasteiger partial charge in [-0.05, 0) is 39.5 Å². The molecular weight excluding hydrogens is 264 g/mol. The molecule has 2 heterocycles. The third kappa shape index (κ3) is 3.28. The van der Waals surface area contributed by atoms with E-state index in [0.29, 0.717) is 12.0 Å². The first-order valence-corrected chi connectivity index (χ1v) is 8.19. The van der Waals surface area contributed by atoms with E-state index in [2.05, 4.69) is 31.4 Å². The minimum absolute atomic E-state index is 0.246. The minimum atomic E-state index is 0.246. The van der Waals surface area contributed by atoms with E-state index in [9.17, 15) is 0 Å². The molecule has 0 spiro atoms. The highest BCUT2D eigenvalue weighted by molar-refractivity contribution is 5.58. The topological polar surface area (TPSA) is 59.1 Å². The lowest BCUT2D eigenvalue weighted by Crippen LogP contribution is -2.28. The summed E-state index contributed by atoms with van der Waals surface area (Å²) in [4.78, 5) is 9.52. The SMILES string of the molecule is CCCNc1nc(C2CC2)nc(NC2CCOC2C)c1C. The Kier molecular flexibility index (Phi) is 4.29. The molecule has 5 nitrogen and oxygen atoms in total. The number of ether oxygens (including phenoxy) is 1. The average molecular weight is 290 g/mol. The Morgan fingerprint density at radius 3 is 2.57 bits per heavy atom. The van der Waals surface area contributed by atoms with E-state index >= 15 is 0 Å². The van der Waals surface area contributed by atoms with Gasteiger partial charge >= 0.3 is 0 Å². The summed E-state index contributed by atoms with van der Waals surface area (Å²) in [5.74, 6) is 3.52. The van der Waals surface area contributed by atoms with Crippen molar-refractivity contribution in [1.82, 2.24) is 9.97 Å². The summed E-state index contributed by atoms with van der Waals surface area (Å²) in [7, 11) is 0. The van der Waals surface area contributed by atoms with Crippen LogP contribution in [-0.4, -0.2) is 35.3 Å². The number of hydrogen-bond acceptors (Lipinski definition) is 5. The molecule has 0 radical (unpaired) electrons. The number of anilines is 2. The third-order valence-electron chi connectivity index (χ3n) is 4.35. The first-order chi connectivity index (χ1) is 10.2. The van der Waals surface area contributed by atoms with Crippen LogP contribution in [0.1, 0.15) is 56.8 Å². The Hall–Kier alpha value is -1.36. The van der Waals surface area contributed by atoms with Crippen molar-refractivity contribution in [2.75, 3.05) is 23.8 Å². The van der Waals surface area contributed by atoms with Crippen molar-refractivity contribution < 1.29 is 4.74 Å². The Labute approximate surface area is 126 Å². The van der Waals surface area contributed by atoms with Crippen LogP contribution < -0.4 is 10.6 Å². The fraction of sp³-hybridized carbons (Fsp3) is 0.750. The largest absolute Gasteiger partial charge is 0.376 e. The Morgan fingerprint density at radius 1 is 1.19 bits per heavy atom. The number of aromatic nitrogens is 2. The maximum atomic E-state index is 5.64. The van der Waals surface area contributed by atoms with Crippen molar-refractivity contribution in [1.29, 1.82) is 0 Å². The fourth-order valence-corrected chi connectivity index (χ4v) is 2.71. The molecule has 1 aromatic rings. The molecule has 1 aliphatic heterocycles. The second-order valence-electron chi connectivity index (χ2n) is 6.22. The van der Waals surface area contributed by atoms with Gasteiger partial charge in [-0.3, -0.25) is 0 Å². The number of rotatable bonds is 6. The van der Waals surface area contributed by atoms with Crippen molar-refractivity contribution in [3.8, 4) is 0 Å². The van der Waals surface area contributed by atoms with Crippen molar-refractivity contribution in [3.63, 3.8) is 0 Å². The molecule has 2 fully saturated rings. The van der Waals surface area contributed by atoms with E-state index in [1.807, 2.05) is 0 Å². The molecule has 21 heavy (non-hydrogen) atoms. The first-order valence-electron chi connectivity index (χ1n) is 8.19. The molecule has 2 N–H and O–H groups in total. The normalized spacial score (nSPS) is 25.1. The van der Waals surface area contributed by atoms with E-state index < -0.39 is 0 Å². The van der Waals surface area contributed by atoms with Crippen LogP contribution in [0.15, 0.2) is 0 Å². The maximum absolute atomic E-state index is 5.64. The van der Waals surface area contributed by atoms with Crippen molar-refractivity contribution in [2.45, 2.75) is 64.5 Å². The van der Waals surface area contributed by atoms with Gasteiger partial charge in [0.05, 0.1) is 12.1 Å². The van der Waals surface area contributed by atoms with Gasteiger partial charge < -0.3 is 15.4 Å². The molecule has 2 aliphatic rings. The summed E-state index contributed by atoms with van der Waals surface area (Å²) in [6, 6.07) is 0.352. The minimum Gasteiger partial charge on any atom is -0.376 e. The number of nitrogens with one attached hydrogen (secondary N) is 2. The molecular formula is C16H26N4O. The highest BCUT2D eigenvalue weighted by Crippen LogP contribution is 2.39. The molecule has 0 bridgehead atoms. The Balaban J connectivity index is 1.84. The standard InChI is InChI=1S/C16H26N4O/c1-4-8-17-14-10(2)15(18-13-7-9-21-11(13)3)20-16(19-14)12-5-6-12/h11-13H,4-9H2,1-3H3,(H2,17,18,19,20). The molecule has 1 saturated carbocycles. The van der Waals surface area contributed by atoms with Crippen LogP contribution in [0.2, 0.25) is 0 Å². The summed E-state index contributed by atoms with van der Waals surface area (Å²) in [5, 5.41) is 7.02. The zero-order chi connectivity index (χ0) is 14.8. The summed E-state index contributed by atoms with van der Waals surface area (Å²) in [6.07, 6.45) is 4.83. The van der Waals surface area contributed by atoms with E-state index in [1.165, 1.54) is 12.8 Å². The Bertz CT molecular complexity index is 501. The van der Waals surface area contributed by atoms with Crippen LogP contribution in [0.3, 0.4) is 0 Å². The smallest absolute Gasteiger partial charge is 0.136 e. The average Bonchev–Trinajstić information content (AvgIpc) is 3.25. The molecule has 1 aromatic heterocycles. The lowest BCUT2D eigenvalue weighted by molar-refractivity contribution is 0.121. The van der Waals surface area contributed by atoms with Crippen LogP contribution in [0.25, 0.3) is 0 Å². The molecule has 116 valence electrons. The third-order valence-corrected chi connectivity index (χ3v) is 4.35. The molecule has 2 atom stereocenters. The van der Waals surface area contributed by atoms with Gasteiger partial charge in [0.25, 0.3) is 0 Å². The second-order valence-corrected chi connectivity index (χ2v) is 6.22. The van der Waals surface area contributed by atoms with Crippen molar-refractivity contribution in [3.05, 3.63) is 11.4 Å². The Morgan fingerprint density at radius 2 is 1.95 bits per heavy atom. The summed E-state index contributed by atoms with van der Waals surface area (Å²) >= 11 is 0. The van der Waals surface area contributed by atoms with E-state index in [1.54, 1.807) is 0 Å². The van der Waals surface area contributed by atoms with Gasteiger partial charge in [-0.15, -0.1) is 0 Å². The number of nitrogens with zero attached hydrogens (tertiary/aromatic N) is 2. The van der Waals surface area contributed by atoms with E-state index in [4.69, 9.17) is 14.7 Å². The van der Waals surface area contributed by atoms with E-state index in [0.717, 1.165) is 49.0 Å². The van der Waals surface area contributed by atoms with Gasteiger partial charge in [0, 0.05) is 24.6 Å². The second kappa shape index (κ2) is 6.18. The molecule has 3 rings (SSSR count). The molecule has 0 amide bonds. The van der Waals surface area contributed by atoms with Crippen molar-refractivity contribution >= 4 is 11.6 Å². The molecule has 0 aromatic carbocycles. The zero-order valence-electron chi connectivity index (χ0n) is 13.3. The lowest BCUT2D eigenvalue weighted by Gasteiger charge is -2.20.